The van der Waals surface area contributed by atoms with E-state index in [-0.39, 0.29) is 11.8 Å². The van der Waals surface area contributed by atoms with E-state index in [1.807, 2.05) is 11.0 Å². The molecule has 0 radical (unpaired) electrons. The molecule has 1 aliphatic rings. The molecule has 0 spiro atoms. The first-order valence-corrected chi connectivity index (χ1v) is 9.55. The minimum atomic E-state index is -0.326. The van der Waals surface area contributed by atoms with Gasteiger partial charge in [0.1, 0.15) is 11.5 Å². The fourth-order valence-corrected chi connectivity index (χ4v) is 3.36. The van der Waals surface area contributed by atoms with Crippen LogP contribution in [-0.4, -0.2) is 44.0 Å². The Bertz CT molecular complexity index is 820. The summed E-state index contributed by atoms with van der Waals surface area (Å²) in [5.74, 6) is 0.686. The molecule has 2 aromatic rings. The molecule has 2 amide bonds. The van der Waals surface area contributed by atoms with Gasteiger partial charge < -0.3 is 19.7 Å². The Morgan fingerprint density at radius 2 is 1.50 bits per heavy atom. The Kier molecular flexibility index (Phi) is 6.53. The lowest BCUT2D eigenvalue weighted by Crippen LogP contribution is -2.32. The maximum Gasteiger partial charge on any atom is 0.255 e. The molecule has 1 aliphatic heterocycles. The van der Waals surface area contributed by atoms with Crippen molar-refractivity contribution in [2.75, 3.05) is 32.6 Å². The summed E-state index contributed by atoms with van der Waals surface area (Å²) in [5.41, 5.74) is 1.41. The van der Waals surface area contributed by atoms with Gasteiger partial charge in [0.05, 0.1) is 25.5 Å². The highest BCUT2D eigenvalue weighted by atomic mass is 16.5. The number of carbonyl (C=O) groups excluding carboxylic acids is 2. The lowest BCUT2D eigenvalue weighted by Gasteiger charge is -2.22. The molecule has 6 heteroatoms. The van der Waals surface area contributed by atoms with Gasteiger partial charge in [-0.3, -0.25) is 9.59 Å². The Hall–Kier alpha value is -3.02. The summed E-state index contributed by atoms with van der Waals surface area (Å²) in [6, 6.07) is 12.1. The minimum Gasteiger partial charge on any atom is -0.497 e. The van der Waals surface area contributed by atoms with Crippen LogP contribution < -0.4 is 14.8 Å². The molecule has 0 unspecified atom stereocenters. The van der Waals surface area contributed by atoms with Crippen LogP contribution in [0.1, 0.15) is 46.4 Å². The van der Waals surface area contributed by atoms with Crippen molar-refractivity contribution in [1.29, 1.82) is 0 Å². The average molecular weight is 382 g/mol. The Balaban J connectivity index is 1.83. The molecule has 28 heavy (non-hydrogen) atoms. The number of para-hydroxylation sites is 1. The Morgan fingerprint density at radius 1 is 0.893 bits per heavy atom. The molecule has 6 nitrogen and oxygen atoms in total. The number of hydrogen-bond acceptors (Lipinski definition) is 4. The third-order valence-corrected chi connectivity index (χ3v) is 4.91. The molecule has 148 valence electrons. The van der Waals surface area contributed by atoms with Gasteiger partial charge in [0.25, 0.3) is 11.8 Å². The monoisotopic (exact) mass is 382 g/mol. The van der Waals surface area contributed by atoms with Crippen LogP contribution in [0, 0.1) is 0 Å². The zero-order valence-electron chi connectivity index (χ0n) is 16.4. The van der Waals surface area contributed by atoms with Gasteiger partial charge in [0.2, 0.25) is 0 Å². The molecular weight excluding hydrogens is 356 g/mol. The highest BCUT2D eigenvalue weighted by Gasteiger charge is 2.21. The first-order valence-electron chi connectivity index (χ1n) is 9.55. The van der Waals surface area contributed by atoms with Crippen LogP contribution in [0.25, 0.3) is 0 Å². The van der Waals surface area contributed by atoms with Gasteiger partial charge in [0.15, 0.2) is 0 Å². The third-order valence-electron chi connectivity index (χ3n) is 4.91. The number of methoxy groups -OCH3 is 2. The standard InChI is InChI=1S/C22H26N2O4/c1-27-17-13-16(14-18(15-17)28-2)21(25)23-20-10-6-5-9-19(20)22(26)24-11-7-3-4-8-12-24/h5-6,9-10,13-15H,3-4,7-8,11-12H2,1-2H3,(H,23,25). The third kappa shape index (κ3) is 4.63. The molecule has 0 bridgehead atoms. The first-order chi connectivity index (χ1) is 13.6. The second kappa shape index (κ2) is 9.26. The summed E-state index contributed by atoms with van der Waals surface area (Å²) < 4.78 is 10.5. The van der Waals surface area contributed by atoms with E-state index in [1.54, 1.807) is 36.4 Å². The highest BCUT2D eigenvalue weighted by Crippen LogP contribution is 2.25. The minimum absolute atomic E-state index is 0.0407. The number of rotatable bonds is 5. The second-order valence-corrected chi connectivity index (χ2v) is 6.81. The number of carbonyl (C=O) groups is 2. The maximum absolute atomic E-state index is 13.0. The molecule has 3 rings (SSSR count). The normalized spacial score (nSPS) is 14.1. The molecule has 1 N–H and O–H groups in total. The van der Waals surface area contributed by atoms with Crippen LogP contribution in [0.4, 0.5) is 5.69 Å². The highest BCUT2D eigenvalue weighted by molar-refractivity contribution is 6.09. The van der Waals surface area contributed by atoms with Crippen molar-refractivity contribution in [3.05, 3.63) is 53.6 Å². The summed E-state index contributed by atoms with van der Waals surface area (Å²) in [5, 5.41) is 2.87. The number of likely N-dealkylation sites (tertiary alicyclic amines) is 1. The van der Waals surface area contributed by atoms with Crippen LogP contribution in [0.15, 0.2) is 42.5 Å². The Morgan fingerprint density at radius 3 is 2.11 bits per heavy atom. The van der Waals surface area contributed by atoms with Crippen LogP contribution >= 0.6 is 0 Å². The summed E-state index contributed by atoms with van der Waals surface area (Å²) in [7, 11) is 3.07. The van der Waals surface area contributed by atoms with E-state index in [0.29, 0.717) is 28.3 Å². The number of ether oxygens (including phenoxy) is 2. The van der Waals surface area contributed by atoms with Crippen molar-refractivity contribution in [2.45, 2.75) is 25.7 Å². The van der Waals surface area contributed by atoms with Crippen LogP contribution in [-0.2, 0) is 0 Å². The van der Waals surface area contributed by atoms with Crippen LogP contribution in [0.2, 0.25) is 0 Å². The second-order valence-electron chi connectivity index (χ2n) is 6.81. The van der Waals surface area contributed by atoms with Gasteiger partial charge in [-0.25, -0.2) is 0 Å². The predicted molar refractivity (Wildman–Crippen MR) is 108 cm³/mol. The summed E-state index contributed by atoms with van der Waals surface area (Å²) in [6.07, 6.45) is 4.34. The van der Waals surface area contributed by atoms with Crippen molar-refractivity contribution in [3.63, 3.8) is 0 Å². The maximum atomic E-state index is 13.0. The van der Waals surface area contributed by atoms with E-state index < -0.39 is 0 Å². The number of amides is 2. The van der Waals surface area contributed by atoms with E-state index in [1.165, 1.54) is 14.2 Å². The molecule has 1 saturated heterocycles. The van der Waals surface area contributed by atoms with Crippen molar-refractivity contribution < 1.29 is 19.1 Å². The van der Waals surface area contributed by atoms with Crippen molar-refractivity contribution in [3.8, 4) is 11.5 Å². The van der Waals surface area contributed by atoms with Gasteiger partial charge in [-0.2, -0.15) is 0 Å². The van der Waals surface area contributed by atoms with Gasteiger partial charge in [-0.1, -0.05) is 25.0 Å². The quantitative estimate of drug-likeness (QED) is 0.850. The number of anilines is 1. The lowest BCUT2D eigenvalue weighted by molar-refractivity contribution is 0.0762. The van der Waals surface area contributed by atoms with Gasteiger partial charge in [0, 0.05) is 24.7 Å². The van der Waals surface area contributed by atoms with Gasteiger partial charge in [-0.15, -0.1) is 0 Å². The lowest BCUT2D eigenvalue weighted by atomic mass is 10.1. The molecule has 0 saturated carbocycles. The van der Waals surface area contributed by atoms with E-state index in [9.17, 15) is 9.59 Å². The largest absolute Gasteiger partial charge is 0.497 e. The number of hydrogen-bond donors (Lipinski definition) is 1. The average Bonchev–Trinajstić information content (AvgIpc) is 3.02. The topological polar surface area (TPSA) is 67.9 Å². The van der Waals surface area contributed by atoms with Crippen LogP contribution in [0.5, 0.6) is 11.5 Å². The number of benzene rings is 2. The van der Waals surface area contributed by atoms with Gasteiger partial charge >= 0.3 is 0 Å². The molecule has 2 aromatic carbocycles. The molecule has 0 aliphatic carbocycles. The summed E-state index contributed by atoms with van der Waals surface area (Å²) in [4.78, 5) is 27.7. The van der Waals surface area contributed by atoms with E-state index in [4.69, 9.17) is 9.47 Å². The zero-order chi connectivity index (χ0) is 19.9. The van der Waals surface area contributed by atoms with E-state index >= 15 is 0 Å². The predicted octanol–water partition coefficient (Wildman–Crippen LogP) is 3.97. The molecule has 1 fully saturated rings. The number of nitrogens with one attached hydrogen (secondary N) is 1. The van der Waals surface area contributed by atoms with Crippen molar-refractivity contribution >= 4 is 17.5 Å². The van der Waals surface area contributed by atoms with Crippen molar-refractivity contribution in [1.82, 2.24) is 4.90 Å². The smallest absolute Gasteiger partial charge is 0.255 e. The zero-order valence-corrected chi connectivity index (χ0v) is 16.4. The SMILES string of the molecule is COc1cc(OC)cc(C(=O)Nc2ccccc2C(=O)N2CCCCCC2)c1. The molecule has 0 aromatic heterocycles. The molecule has 1 heterocycles. The first kappa shape index (κ1) is 19.7. The summed E-state index contributed by atoms with van der Waals surface area (Å²) in [6.45, 7) is 1.52. The molecular formula is C22H26N2O4. The fourth-order valence-electron chi connectivity index (χ4n) is 3.36. The number of nitrogens with zero attached hydrogens (tertiary/aromatic N) is 1. The van der Waals surface area contributed by atoms with E-state index in [0.717, 1.165) is 38.8 Å². The Labute approximate surface area is 165 Å². The van der Waals surface area contributed by atoms with E-state index in [2.05, 4.69) is 5.32 Å². The van der Waals surface area contributed by atoms with Crippen LogP contribution in [0.3, 0.4) is 0 Å². The van der Waals surface area contributed by atoms with Gasteiger partial charge in [-0.05, 0) is 37.1 Å². The summed E-state index contributed by atoms with van der Waals surface area (Å²) >= 11 is 0. The molecule has 0 atom stereocenters. The van der Waals surface area contributed by atoms with Crippen molar-refractivity contribution in [2.24, 2.45) is 0 Å². The fraction of sp³-hybridized carbons (Fsp3) is 0.364.